The van der Waals surface area contributed by atoms with Gasteiger partial charge in [0.05, 0.1) is 23.0 Å². The summed E-state index contributed by atoms with van der Waals surface area (Å²) in [5.74, 6) is 0.463. The predicted octanol–water partition coefficient (Wildman–Crippen LogP) is 4.27. The van der Waals surface area contributed by atoms with Gasteiger partial charge in [0.1, 0.15) is 25.2 Å². The summed E-state index contributed by atoms with van der Waals surface area (Å²) < 4.78 is 17.0. The quantitative estimate of drug-likeness (QED) is 0.665. The molecule has 26 heavy (non-hydrogen) atoms. The first-order valence-corrected chi connectivity index (χ1v) is 9.17. The average Bonchev–Trinajstić information content (AvgIpc) is 3.29. The van der Waals surface area contributed by atoms with Crippen molar-refractivity contribution in [3.8, 4) is 0 Å². The van der Waals surface area contributed by atoms with Gasteiger partial charge < -0.3 is 13.9 Å². The Morgan fingerprint density at radius 1 is 1.38 bits per heavy atom. The fraction of sp³-hybridized carbons (Fsp3) is 0.222. The molecular formula is C18H15ClN2O4S. The van der Waals surface area contributed by atoms with Crippen LogP contribution < -0.4 is 4.90 Å². The summed E-state index contributed by atoms with van der Waals surface area (Å²) in [5, 5.41) is 1.18. The summed E-state index contributed by atoms with van der Waals surface area (Å²) in [4.78, 5) is 19.2. The molecule has 8 heteroatoms. The molecule has 0 unspecified atom stereocenters. The number of fused-ring (bicyclic) bond motifs is 1. The minimum atomic E-state index is -0.330. The number of halogens is 1. The maximum atomic E-state index is 13.0. The van der Waals surface area contributed by atoms with Gasteiger partial charge in [-0.1, -0.05) is 22.9 Å². The average molecular weight is 391 g/mol. The van der Waals surface area contributed by atoms with Gasteiger partial charge in [-0.15, -0.1) is 0 Å². The van der Waals surface area contributed by atoms with Crippen molar-refractivity contribution in [3.63, 3.8) is 0 Å². The van der Waals surface area contributed by atoms with E-state index in [1.165, 1.54) is 22.5 Å². The lowest BCUT2D eigenvalue weighted by molar-refractivity contribution is -0.120. The Kier molecular flexibility index (Phi) is 4.57. The van der Waals surface area contributed by atoms with Gasteiger partial charge in [0, 0.05) is 5.02 Å². The van der Waals surface area contributed by atoms with Crippen molar-refractivity contribution in [2.24, 2.45) is 0 Å². The number of aryl methyl sites for hydroxylation is 1. The highest BCUT2D eigenvalue weighted by atomic mass is 35.5. The normalized spacial score (nSPS) is 13.8. The van der Waals surface area contributed by atoms with Gasteiger partial charge >= 0.3 is 0 Å². The van der Waals surface area contributed by atoms with Gasteiger partial charge in [0.15, 0.2) is 5.13 Å². The molecule has 0 saturated heterocycles. The molecule has 1 aliphatic heterocycles. The number of nitrogens with zero attached hydrogens (tertiary/aromatic N) is 2. The smallest absolute Gasteiger partial charge is 0.298 e. The Morgan fingerprint density at radius 2 is 2.27 bits per heavy atom. The van der Waals surface area contributed by atoms with Crippen LogP contribution in [0.2, 0.25) is 5.02 Å². The van der Waals surface area contributed by atoms with Crippen LogP contribution in [-0.2, 0) is 20.8 Å². The van der Waals surface area contributed by atoms with Gasteiger partial charge in [-0.3, -0.25) is 9.69 Å². The maximum absolute atomic E-state index is 13.0. The highest BCUT2D eigenvalue weighted by Gasteiger charge is 2.27. The molecule has 0 aliphatic carbocycles. The van der Waals surface area contributed by atoms with E-state index in [0.717, 1.165) is 15.8 Å². The summed E-state index contributed by atoms with van der Waals surface area (Å²) in [5.41, 5.74) is 1.78. The first-order chi connectivity index (χ1) is 12.6. The van der Waals surface area contributed by atoms with Crippen molar-refractivity contribution in [1.82, 2.24) is 4.98 Å². The standard InChI is InChI=1S/C18H15ClN2O4S/c1-11-7-12(19)8-15-16(11)20-18(26-15)21(9-13-3-2-4-24-13)17(22)14-10-23-5-6-25-14/h2-4,7-8,10H,5-6,9H2,1H3. The zero-order valence-corrected chi connectivity index (χ0v) is 15.5. The van der Waals surface area contributed by atoms with Crippen LogP contribution in [0.3, 0.4) is 0 Å². The molecular weight excluding hydrogens is 376 g/mol. The van der Waals surface area contributed by atoms with Gasteiger partial charge in [0.2, 0.25) is 5.76 Å². The minimum Gasteiger partial charge on any atom is -0.494 e. The third-order valence-corrected chi connectivity index (χ3v) is 5.11. The molecule has 6 nitrogen and oxygen atoms in total. The summed E-state index contributed by atoms with van der Waals surface area (Å²) >= 11 is 7.54. The van der Waals surface area contributed by atoms with E-state index in [0.29, 0.717) is 29.1 Å². The molecule has 1 aromatic carbocycles. The molecule has 0 fully saturated rings. The second kappa shape index (κ2) is 7.01. The Morgan fingerprint density at radius 3 is 3.00 bits per heavy atom. The number of ether oxygens (including phenoxy) is 2. The van der Waals surface area contributed by atoms with Crippen LogP contribution in [0.5, 0.6) is 0 Å². The number of thiazole rings is 1. The second-order valence-electron chi connectivity index (χ2n) is 5.74. The summed E-state index contributed by atoms with van der Waals surface area (Å²) in [6.07, 6.45) is 2.91. The van der Waals surface area contributed by atoms with Crippen LogP contribution in [0.15, 0.2) is 47.0 Å². The molecule has 0 N–H and O–H groups in total. The van der Waals surface area contributed by atoms with Gasteiger partial charge in [-0.25, -0.2) is 4.98 Å². The number of hydrogen-bond acceptors (Lipinski definition) is 6. The van der Waals surface area contributed by atoms with Crippen molar-refractivity contribution >= 4 is 44.2 Å². The van der Waals surface area contributed by atoms with Crippen molar-refractivity contribution in [2.45, 2.75) is 13.5 Å². The van der Waals surface area contributed by atoms with Gasteiger partial charge in [0.25, 0.3) is 5.91 Å². The maximum Gasteiger partial charge on any atom is 0.298 e. The number of rotatable bonds is 4. The number of aromatic nitrogens is 1. The van der Waals surface area contributed by atoms with Crippen LogP contribution in [-0.4, -0.2) is 24.1 Å². The third kappa shape index (κ3) is 3.27. The summed E-state index contributed by atoms with van der Waals surface area (Å²) in [6, 6.07) is 7.29. The molecule has 3 heterocycles. The van der Waals surface area contributed by atoms with E-state index in [1.54, 1.807) is 12.3 Å². The topological polar surface area (TPSA) is 64.8 Å². The zero-order valence-electron chi connectivity index (χ0n) is 13.9. The minimum absolute atomic E-state index is 0.150. The second-order valence-corrected chi connectivity index (χ2v) is 7.18. The lowest BCUT2D eigenvalue weighted by Crippen LogP contribution is -2.33. The molecule has 0 spiro atoms. The molecule has 3 aromatic rings. The highest BCUT2D eigenvalue weighted by Crippen LogP contribution is 2.34. The van der Waals surface area contributed by atoms with Crippen LogP contribution in [0.4, 0.5) is 5.13 Å². The first kappa shape index (κ1) is 16.9. The monoisotopic (exact) mass is 390 g/mol. The summed E-state index contributed by atoms with van der Waals surface area (Å²) in [6.45, 7) is 2.94. The number of anilines is 1. The van der Waals surface area contributed by atoms with Gasteiger partial charge in [-0.05, 0) is 36.8 Å². The van der Waals surface area contributed by atoms with E-state index in [1.807, 2.05) is 25.1 Å². The van der Waals surface area contributed by atoms with Crippen LogP contribution in [0.25, 0.3) is 10.2 Å². The highest BCUT2D eigenvalue weighted by molar-refractivity contribution is 7.22. The Hall–Kier alpha value is -2.51. The Balaban J connectivity index is 1.75. The lowest BCUT2D eigenvalue weighted by atomic mass is 10.2. The van der Waals surface area contributed by atoms with Crippen molar-refractivity contribution in [2.75, 3.05) is 18.1 Å². The molecule has 0 bridgehead atoms. The molecule has 1 amide bonds. The fourth-order valence-corrected chi connectivity index (χ4v) is 4.07. The van der Waals surface area contributed by atoms with Crippen molar-refractivity contribution in [3.05, 3.63) is 58.9 Å². The molecule has 134 valence electrons. The number of carbonyl (C=O) groups excluding carboxylic acids is 1. The number of hydrogen-bond donors (Lipinski definition) is 0. The van der Waals surface area contributed by atoms with E-state index >= 15 is 0 Å². The molecule has 0 atom stereocenters. The number of benzene rings is 1. The Bertz CT molecular complexity index is 981. The third-order valence-electron chi connectivity index (χ3n) is 3.87. The van der Waals surface area contributed by atoms with Crippen LogP contribution in [0.1, 0.15) is 11.3 Å². The largest absolute Gasteiger partial charge is 0.494 e. The lowest BCUT2D eigenvalue weighted by Gasteiger charge is -2.22. The molecule has 0 radical (unpaired) electrons. The fourth-order valence-electron chi connectivity index (χ4n) is 2.66. The molecule has 2 aromatic heterocycles. The number of amides is 1. The van der Waals surface area contributed by atoms with Crippen LogP contribution in [0, 0.1) is 6.92 Å². The number of furan rings is 1. The van der Waals surface area contributed by atoms with Crippen molar-refractivity contribution < 1.29 is 18.7 Å². The zero-order chi connectivity index (χ0) is 18.1. The van der Waals surface area contributed by atoms with Crippen LogP contribution >= 0.6 is 22.9 Å². The van der Waals surface area contributed by atoms with Crippen molar-refractivity contribution in [1.29, 1.82) is 0 Å². The Labute approximate surface area is 158 Å². The molecule has 1 aliphatic rings. The van der Waals surface area contributed by atoms with E-state index < -0.39 is 0 Å². The SMILES string of the molecule is Cc1cc(Cl)cc2sc(N(Cc3ccco3)C(=O)C3=COCCO3)nc12. The summed E-state index contributed by atoms with van der Waals surface area (Å²) in [7, 11) is 0. The molecule has 4 rings (SSSR count). The van der Waals surface area contributed by atoms with E-state index in [2.05, 4.69) is 4.98 Å². The molecule has 0 saturated carbocycles. The van der Waals surface area contributed by atoms with E-state index in [4.69, 9.17) is 25.5 Å². The number of carbonyl (C=O) groups is 1. The van der Waals surface area contributed by atoms with Gasteiger partial charge in [-0.2, -0.15) is 0 Å². The van der Waals surface area contributed by atoms with E-state index in [9.17, 15) is 4.79 Å². The van der Waals surface area contributed by atoms with E-state index in [-0.39, 0.29) is 18.2 Å². The predicted molar refractivity (Wildman–Crippen MR) is 99.3 cm³/mol. The first-order valence-electron chi connectivity index (χ1n) is 7.97.